The number of amides is 1. The average Bonchev–Trinajstić information content (AvgIpc) is 2.18. The lowest BCUT2D eigenvalue weighted by Crippen LogP contribution is -2.52. The zero-order valence-electron chi connectivity index (χ0n) is 11.8. The molecule has 1 atom stereocenters. The van der Waals surface area contributed by atoms with Crippen molar-refractivity contribution in [2.24, 2.45) is 0 Å². The summed E-state index contributed by atoms with van der Waals surface area (Å²) in [5.41, 5.74) is -0.558. The predicted molar refractivity (Wildman–Crippen MR) is 71.7 cm³/mol. The van der Waals surface area contributed by atoms with Crippen LogP contribution in [0.15, 0.2) is 0 Å². The molecule has 0 aromatic heterocycles. The molecule has 0 heterocycles. The standard InChI is InChI=1S/C12H22F3NO2S/c1-5-9(8-19-7-6-12(13,14)15)16(10(17)18)11(2,3)4/h9H,5-8H2,1-4H3,(H,17,18). The lowest BCUT2D eigenvalue weighted by atomic mass is 10.0. The van der Waals surface area contributed by atoms with Crippen molar-refractivity contribution >= 4 is 17.9 Å². The highest BCUT2D eigenvalue weighted by atomic mass is 32.2. The Hall–Kier alpha value is -0.590. The molecule has 7 heteroatoms. The summed E-state index contributed by atoms with van der Waals surface area (Å²) >= 11 is 1.15. The Morgan fingerprint density at radius 1 is 1.32 bits per heavy atom. The molecule has 0 aliphatic carbocycles. The molecule has 0 aliphatic rings. The first-order valence-corrected chi connectivity index (χ1v) is 7.31. The van der Waals surface area contributed by atoms with Crippen LogP contribution in [-0.4, -0.2) is 45.4 Å². The molecule has 3 nitrogen and oxygen atoms in total. The van der Waals surface area contributed by atoms with E-state index in [4.69, 9.17) is 0 Å². The summed E-state index contributed by atoms with van der Waals surface area (Å²) in [5.74, 6) is 0.355. The first-order valence-electron chi connectivity index (χ1n) is 6.15. The number of halogens is 3. The number of carbonyl (C=O) groups is 1. The van der Waals surface area contributed by atoms with Gasteiger partial charge in [0.15, 0.2) is 0 Å². The maximum absolute atomic E-state index is 12.0. The number of carboxylic acid groups (broad SMARTS) is 1. The van der Waals surface area contributed by atoms with Crippen LogP contribution >= 0.6 is 11.8 Å². The Bertz CT molecular complexity index is 290. The number of thioether (sulfide) groups is 1. The smallest absolute Gasteiger partial charge is 0.408 e. The van der Waals surface area contributed by atoms with Gasteiger partial charge in [-0.05, 0) is 27.2 Å². The van der Waals surface area contributed by atoms with Gasteiger partial charge in [0, 0.05) is 23.1 Å². The van der Waals surface area contributed by atoms with Gasteiger partial charge < -0.3 is 5.11 Å². The third-order valence-corrected chi connectivity index (χ3v) is 3.72. The van der Waals surface area contributed by atoms with E-state index in [1.54, 1.807) is 20.8 Å². The Balaban J connectivity index is 4.43. The number of nitrogens with zero attached hydrogens (tertiary/aromatic N) is 1. The minimum atomic E-state index is -4.15. The van der Waals surface area contributed by atoms with Crippen LogP contribution in [0.1, 0.15) is 40.5 Å². The third-order valence-electron chi connectivity index (χ3n) is 2.61. The Kier molecular flexibility index (Phi) is 7.04. The van der Waals surface area contributed by atoms with E-state index in [-0.39, 0.29) is 11.8 Å². The molecule has 1 N–H and O–H groups in total. The molecule has 0 saturated heterocycles. The van der Waals surface area contributed by atoms with Gasteiger partial charge in [0.2, 0.25) is 0 Å². The summed E-state index contributed by atoms with van der Waals surface area (Å²) in [6.45, 7) is 7.19. The first kappa shape index (κ1) is 18.4. The highest BCUT2D eigenvalue weighted by Crippen LogP contribution is 2.25. The van der Waals surface area contributed by atoms with E-state index in [0.29, 0.717) is 12.2 Å². The van der Waals surface area contributed by atoms with Crippen molar-refractivity contribution in [2.75, 3.05) is 11.5 Å². The predicted octanol–water partition coefficient (Wildman–Crippen LogP) is 4.23. The molecule has 0 bridgehead atoms. The largest absolute Gasteiger partial charge is 0.465 e. The van der Waals surface area contributed by atoms with E-state index in [1.165, 1.54) is 4.90 Å². The zero-order chi connectivity index (χ0) is 15.3. The van der Waals surface area contributed by atoms with Gasteiger partial charge in [-0.3, -0.25) is 4.90 Å². The van der Waals surface area contributed by atoms with Crippen LogP contribution < -0.4 is 0 Å². The maximum Gasteiger partial charge on any atom is 0.408 e. The topological polar surface area (TPSA) is 40.5 Å². The molecule has 0 rings (SSSR count). The lowest BCUT2D eigenvalue weighted by molar-refractivity contribution is -0.129. The molecular formula is C12H22F3NO2S. The summed E-state index contributed by atoms with van der Waals surface area (Å²) in [5, 5.41) is 9.23. The zero-order valence-corrected chi connectivity index (χ0v) is 12.6. The maximum atomic E-state index is 12.0. The molecule has 0 spiro atoms. The quantitative estimate of drug-likeness (QED) is 0.746. The van der Waals surface area contributed by atoms with Crippen LogP contribution in [0.3, 0.4) is 0 Å². The van der Waals surface area contributed by atoms with Crippen LogP contribution in [-0.2, 0) is 0 Å². The second-order valence-corrected chi connectivity index (χ2v) is 6.48. The minimum Gasteiger partial charge on any atom is -0.465 e. The minimum absolute atomic E-state index is 0.0302. The summed E-state index contributed by atoms with van der Waals surface area (Å²) in [6, 6.07) is -0.268. The van der Waals surface area contributed by atoms with Gasteiger partial charge in [-0.1, -0.05) is 6.92 Å². The summed E-state index contributed by atoms with van der Waals surface area (Å²) in [6.07, 6.45) is -5.43. The van der Waals surface area contributed by atoms with E-state index in [0.717, 1.165) is 11.8 Å². The summed E-state index contributed by atoms with van der Waals surface area (Å²) in [4.78, 5) is 12.6. The Labute approximate surface area is 116 Å². The Morgan fingerprint density at radius 3 is 2.16 bits per heavy atom. The van der Waals surface area contributed by atoms with Gasteiger partial charge in [-0.2, -0.15) is 24.9 Å². The highest BCUT2D eigenvalue weighted by molar-refractivity contribution is 7.99. The van der Waals surface area contributed by atoms with E-state index in [9.17, 15) is 23.1 Å². The van der Waals surface area contributed by atoms with Crippen molar-refractivity contribution in [2.45, 2.75) is 58.3 Å². The molecule has 114 valence electrons. The van der Waals surface area contributed by atoms with Gasteiger partial charge >= 0.3 is 12.3 Å². The van der Waals surface area contributed by atoms with Crippen molar-refractivity contribution in [3.05, 3.63) is 0 Å². The molecule has 1 amide bonds. The van der Waals surface area contributed by atoms with Gasteiger partial charge in [-0.25, -0.2) is 4.79 Å². The Morgan fingerprint density at radius 2 is 1.84 bits per heavy atom. The fraction of sp³-hybridized carbons (Fsp3) is 0.917. The fourth-order valence-corrected chi connectivity index (χ4v) is 2.97. The van der Waals surface area contributed by atoms with Crippen LogP contribution in [0.4, 0.5) is 18.0 Å². The SMILES string of the molecule is CCC(CSCCC(F)(F)F)N(C(=O)O)C(C)(C)C. The van der Waals surface area contributed by atoms with E-state index in [2.05, 4.69) is 0 Å². The second-order valence-electron chi connectivity index (χ2n) is 5.33. The summed E-state index contributed by atoms with van der Waals surface area (Å²) < 4.78 is 36.1. The van der Waals surface area contributed by atoms with Crippen molar-refractivity contribution in [3.63, 3.8) is 0 Å². The van der Waals surface area contributed by atoms with Crippen molar-refractivity contribution < 1.29 is 23.1 Å². The van der Waals surface area contributed by atoms with Crippen LogP contribution in [0.25, 0.3) is 0 Å². The van der Waals surface area contributed by atoms with Crippen LogP contribution in [0.2, 0.25) is 0 Å². The van der Waals surface area contributed by atoms with Gasteiger partial charge in [0.25, 0.3) is 0 Å². The second kappa shape index (κ2) is 7.26. The van der Waals surface area contributed by atoms with Crippen molar-refractivity contribution in [3.8, 4) is 0 Å². The fourth-order valence-electron chi connectivity index (χ4n) is 1.77. The molecule has 0 aromatic carbocycles. The van der Waals surface area contributed by atoms with Crippen LogP contribution in [0.5, 0.6) is 0 Å². The normalized spacial score (nSPS) is 14.3. The first-order chi connectivity index (χ1) is 8.49. The number of rotatable bonds is 6. The highest BCUT2D eigenvalue weighted by Gasteiger charge is 2.32. The lowest BCUT2D eigenvalue weighted by Gasteiger charge is -2.39. The van der Waals surface area contributed by atoms with Crippen molar-refractivity contribution in [1.82, 2.24) is 4.90 Å². The number of alkyl halides is 3. The van der Waals surface area contributed by atoms with Gasteiger partial charge in [0.05, 0.1) is 6.42 Å². The molecular weight excluding hydrogens is 279 g/mol. The third kappa shape index (κ3) is 7.54. The van der Waals surface area contributed by atoms with Gasteiger partial charge in [-0.15, -0.1) is 0 Å². The molecule has 0 aliphatic heterocycles. The molecule has 0 fully saturated rings. The van der Waals surface area contributed by atoms with Gasteiger partial charge in [0.1, 0.15) is 0 Å². The molecule has 0 saturated carbocycles. The van der Waals surface area contributed by atoms with E-state index >= 15 is 0 Å². The molecule has 0 aromatic rings. The molecule has 1 unspecified atom stereocenters. The number of hydrogen-bond donors (Lipinski definition) is 1. The average molecular weight is 301 g/mol. The molecule has 0 radical (unpaired) electrons. The van der Waals surface area contributed by atoms with E-state index in [1.807, 2.05) is 6.92 Å². The molecule has 19 heavy (non-hydrogen) atoms. The summed E-state index contributed by atoms with van der Waals surface area (Å²) in [7, 11) is 0. The van der Waals surface area contributed by atoms with Crippen molar-refractivity contribution in [1.29, 1.82) is 0 Å². The number of hydrogen-bond acceptors (Lipinski definition) is 2. The van der Waals surface area contributed by atoms with E-state index < -0.39 is 24.2 Å². The monoisotopic (exact) mass is 301 g/mol. The van der Waals surface area contributed by atoms with Crippen LogP contribution in [0, 0.1) is 0 Å².